The number of carbonyl (C=O) groups excluding carboxylic acids is 1. The van der Waals surface area contributed by atoms with Crippen LogP contribution in [0, 0.1) is 0 Å². The molecule has 0 aliphatic carbocycles. The minimum Gasteiger partial charge on any atom is -0.352 e. The topological polar surface area (TPSA) is 44.4 Å². The maximum Gasteiger partial charge on any atom is 0.234 e. The molecule has 1 aliphatic rings. The lowest BCUT2D eigenvalue weighted by Gasteiger charge is -2.35. The van der Waals surface area contributed by atoms with Gasteiger partial charge in [0, 0.05) is 24.7 Å². The van der Waals surface area contributed by atoms with Crippen LogP contribution in [-0.2, 0) is 4.79 Å². The number of nitrogens with zero attached hydrogens (tertiary/aromatic N) is 1. The fourth-order valence-corrected chi connectivity index (χ4v) is 2.00. The molecule has 0 saturated carbocycles. The molecule has 1 fully saturated rings. The second-order valence-corrected chi connectivity index (χ2v) is 5.15. The molecule has 16 heavy (non-hydrogen) atoms. The highest BCUT2D eigenvalue weighted by Crippen LogP contribution is 2.14. The van der Waals surface area contributed by atoms with Gasteiger partial charge >= 0.3 is 0 Å². The lowest BCUT2D eigenvalue weighted by Crippen LogP contribution is -2.49. The van der Waals surface area contributed by atoms with Crippen LogP contribution in [0.25, 0.3) is 0 Å². The van der Waals surface area contributed by atoms with E-state index in [4.69, 9.17) is 0 Å². The molecule has 2 atom stereocenters. The second kappa shape index (κ2) is 6.21. The van der Waals surface area contributed by atoms with E-state index in [1.807, 2.05) is 13.8 Å². The van der Waals surface area contributed by atoms with E-state index >= 15 is 0 Å². The molecule has 0 radical (unpaired) electrons. The standard InChI is InChI=1S/C12H25N3O/c1-9(2)13-8-12(16)14-11-5-6-15(4)10(3)7-11/h9-11,13H,5-8H2,1-4H3,(H,14,16). The summed E-state index contributed by atoms with van der Waals surface area (Å²) in [6, 6.07) is 1.28. The summed E-state index contributed by atoms with van der Waals surface area (Å²) in [4.78, 5) is 14.0. The van der Waals surface area contributed by atoms with E-state index in [0.717, 1.165) is 19.4 Å². The highest BCUT2D eigenvalue weighted by Gasteiger charge is 2.23. The lowest BCUT2D eigenvalue weighted by atomic mass is 9.99. The predicted molar refractivity (Wildman–Crippen MR) is 66.4 cm³/mol. The molecule has 0 aromatic rings. The summed E-state index contributed by atoms with van der Waals surface area (Å²) in [7, 11) is 2.14. The predicted octanol–water partition coefficient (Wildman–Crippen LogP) is 0.583. The van der Waals surface area contributed by atoms with Crippen molar-refractivity contribution in [3.05, 3.63) is 0 Å². The van der Waals surface area contributed by atoms with Gasteiger partial charge in [-0.3, -0.25) is 4.79 Å². The molecule has 1 aliphatic heterocycles. The van der Waals surface area contributed by atoms with E-state index in [9.17, 15) is 4.79 Å². The Hall–Kier alpha value is -0.610. The van der Waals surface area contributed by atoms with Crippen molar-refractivity contribution in [2.24, 2.45) is 0 Å². The first kappa shape index (κ1) is 13.5. The zero-order chi connectivity index (χ0) is 12.1. The van der Waals surface area contributed by atoms with Crippen molar-refractivity contribution >= 4 is 5.91 Å². The molecule has 4 nitrogen and oxygen atoms in total. The summed E-state index contributed by atoms with van der Waals surface area (Å²) in [5.41, 5.74) is 0. The Kier molecular flexibility index (Phi) is 5.22. The van der Waals surface area contributed by atoms with E-state index in [0.29, 0.717) is 24.7 Å². The number of hydrogen-bond donors (Lipinski definition) is 2. The summed E-state index contributed by atoms with van der Waals surface area (Å²) in [6.45, 7) is 7.81. The van der Waals surface area contributed by atoms with E-state index < -0.39 is 0 Å². The first-order valence-corrected chi connectivity index (χ1v) is 6.22. The third kappa shape index (κ3) is 4.49. The molecule has 0 bridgehead atoms. The molecule has 2 N–H and O–H groups in total. The molecular weight excluding hydrogens is 202 g/mol. The molecule has 1 rings (SSSR count). The first-order chi connectivity index (χ1) is 7.49. The molecule has 1 saturated heterocycles. The Bertz CT molecular complexity index is 230. The number of rotatable bonds is 4. The van der Waals surface area contributed by atoms with E-state index in [2.05, 4.69) is 29.5 Å². The van der Waals surface area contributed by atoms with Crippen LogP contribution in [0.15, 0.2) is 0 Å². The molecule has 2 unspecified atom stereocenters. The normalized spacial score (nSPS) is 27.1. The minimum atomic E-state index is 0.121. The number of carbonyl (C=O) groups is 1. The van der Waals surface area contributed by atoms with Crippen molar-refractivity contribution in [3.8, 4) is 0 Å². The summed E-state index contributed by atoms with van der Waals surface area (Å²) in [6.07, 6.45) is 2.12. The van der Waals surface area contributed by atoms with Gasteiger partial charge in [-0.15, -0.1) is 0 Å². The maximum atomic E-state index is 11.6. The van der Waals surface area contributed by atoms with Gasteiger partial charge in [-0.05, 0) is 26.8 Å². The quantitative estimate of drug-likeness (QED) is 0.738. The average molecular weight is 227 g/mol. The molecular formula is C12H25N3O. The molecule has 4 heteroatoms. The zero-order valence-corrected chi connectivity index (χ0v) is 10.9. The van der Waals surface area contributed by atoms with Gasteiger partial charge in [0.2, 0.25) is 5.91 Å². The Labute approximate surface area is 98.8 Å². The van der Waals surface area contributed by atoms with E-state index in [1.54, 1.807) is 0 Å². The van der Waals surface area contributed by atoms with Gasteiger partial charge in [-0.25, -0.2) is 0 Å². The molecule has 1 amide bonds. The van der Waals surface area contributed by atoms with Crippen LogP contribution < -0.4 is 10.6 Å². The van der Waals surface area contributed by atoms with Crippen molar-refractivity contribution in [2.75, 3.05) is 20.1 Å². The summed E-state index contributed by atoms with van der Waals surface area (Å²) < 4.78 is 0. The Morgan fingerprint density at radius 2 is 2.19 bits per heavy atom. The smallest absolute Gasteiger partial charge is 0.234 e. The van der Waals surface area contributed by atoms with Gasteiger partial charge in [0.1, 0.15) is 0 Å². The molecule has 0 aromatic heterocycles. The van der Waals surface area contributed by atoms with Crippen molar-refractivity contribution in [1.29, 1.82) is 0 Å². The Morgan fingerprint density at radius 3 is 2.75 bits per heavy atom. The van der Waals surface area contributed by atoms with Crippen molar-refractivity contribution < 1.29 is 4.79 Å². The molecule has 94 valence electrons. The number of piperidine rings is 1. The Morgan fingerprint density at radius 1 is 1.50 bits per heavy atom. The number of hydrogen-bond acceptors (Lipinski definition) is 3. The van der Waals surface area contributed by atoms with Crippen LogP contribution in [0.3, 0.4) is 0 Å². The Balaban J connectivity index is 2.24. The van der Waals surface area contributed by atoms with Gasteiger partial charge in [-0.1, -0.05) is 13.8 Å². The third-order valence-electron chi connectivity index (χ3n) is 3.24. The van der Waals surface area contributed by atoms with Gasteiger partial charge in [0.15, 0.2) is 0 Å². The SMILES string of the molecule is CC(C)NCC(=O)NC1CCN(C)C(C)C1. The largest absolute Gasteiger partial charge is 0.352 e. The van der Waals surface area contributed by atoms with Gasteiger partial charge in [-0.2, -0.15) is 0 Å². The van der Waals surface area contributed by atoms with E-state index in [1.165, 1.54) is 0 Å². The van der Waals surface area contributed by atoms with Crippen LogP contribution in [0.2, 0.25) is 0 Å². The van der Waals surface area contributed by atoms with Gasteiger partial charge in [0.25, 0.3) is 0 Å². The minimum absolute atomic E-state index is 0.121. The van der Waals surface area contributed by atoms with Gasteiger partial charge < -0.3 is 15.5 Å². The first-order valence-electron chi connectivity index (χ1n) is 6.22. The highest BCUT2D eigenvalue weighted by atomic mass is 16.2. The van der Waals surface area contributed by atoms with Crippen LogP contribution in [0.4, 0.5) is 0 Å². The molecule has 0 aromatic carbocycles. The van der Waals surface area contributed by atoms with Crippen LogP contribution in [0.5, 0.6) is 0 Å². The van der Waals surface area contributed by atoms with Crippen molar-refractivity contribution in [3.63, 3.8) is 0 Å². The third-order valence-corrected chi connectivity index (χ3v) is 3.24. The highest BCUT2D eigenvalue weighted by molar-refractivity contribution is 5.78. The summed E-state index contributed by atoms with van der Waals surface area (Å²) in [5.74, 6) is 0.121. The van der Waals surface area contributed by atoms with Crippen LogP contribution in [-0.4, -0.2) is 49.1 Å². The zero-order valence-electron chi connectivity index (χ0n) is 10.9. The number of likely N-dealkylation sites (tertiary alicyclic amines) is 1. The summed E-state index contributed by atoms with van der Waals surface area (Å²) >= 11 is 0. The van der Waals surface area contributed by atoms with Crippen molar-refractivity contribution in [1.82, 2.24) is 15.5 Å². The summed E-state index contributed by atoms with van der Waals surface area (Å²) in [5, 5.41) is 6.23. The molecule has 0 spiro atoms. The fourth-order valence-electron chi connectivity index (χ4n) is 2.00. The fraction of sp³-hybridized carbons (Fsp3) is 0.917. The monoisotopic (exact) mass is 227 g/mol. The van der Waals surface area contributed by atoms with Gasteiger partial charge in [0.05, 0.1) is 6.54 Å². The second-order valence-electron chi connectivity index (χ2n) is 5.15. The average Bonchev–Trinajstić information content (AvgIpc) is 2.21. The lowest BCUT2D eigenvalue weighted by molar-refractivity contribution is -0.121. The van der Waals surface area contributed by atoms with Crippen LogP contribution >= 0.6 is 0 Å². The van der Waals surface area contributed by atoms with Crippen LogP contribution in [0.1, 0.15) is 33.6 Å². The maximum absolute atomic E-state index is 11.6. The molecule has 1 heterocycles. The van der Waals surface area contributed by atoms with Crippen molar-refractivity contribution in [2.45, 2.75) is 51.7 Å². The number of nitrogens with one attached hydrogen (secondary N) is 2. The van der Waals surface area contributed by atoms with E-state index in [-0.39, 0.29) is 5.91 Å². The number of amides is 1.